The smallest absolute Gasteiger partial charge is 0.188 e. The lowest BCUT2D eigenvalue weighted by molar-refractivity contribution is 0.111. The van der Waals surface area contributed by atoms with E-state index in [1.54, 1.807) is 29.8 Å². The first-order valence-electron chi connectivity index (χ1n) is 4.23. The highest BCUT2D eigenvalue weighted by atomic mass is 32.1. The molecule has 6 heteroatoms. The molecule has 0 aliphatic rings. The molecule has 0 unspecified atom stereocenters. The zero-order valence-corrected chi connectivity index (χ0v) is 8.85. The fraction of sp³-hybridized carbons (Fsp3) is 0.111. The molecular weight excluding hydrogens is 212 g/mol. The standard InChI is InChI=1S/C9H8N4OS/c1-13-8(11-12-9(13)15)7-4-2-3-6(5-14)10-7/h2-5H,1H3,(H,12,15). The predicted octanol–water partition coefficient (Wildman–Crippen LogP) is 0.978. The summed E-state index contributed by atoms with van der Waals surface area (Å²) in [6, 6.07) is 5.15. The van der Waals surface area contributed by atoms with Gasteiger partial charge in [-0.05, 0) is 12.1 Å². The summed E-state index contributed by atoms with van der Waals surface area (Å²) in [5.41, 5.74) is 0.978. The van der Waals surface area contributed by atoms with Gasteiger partial charge in [0.05, 0.1) is 0 Å². The number of carbonyl (C=O) groups excluding carboxylic acids is 1. The molecule has 2 rings (SSSR count). The highest BCUT2D eigenvalue weighted by molar-refractivity contribution is 7.80. The average molecular weight is 220 g/mol. The van der Waals surface area contributed by atoms with Crippen LogP contribution in [0.4, 0.5) is 0 Å². The van der Waals surface area contributed by atoms with Gasteiger partial charge in [0.1, 0.15) is 11.4 Å². The Bertz CT molecular complexity index is 509. The van der Waals surface area contributed by atoms with E-state index in [4.69, 9.17) is 0 Å². The third kappa shape index (κ3) is 1.75. The summed E-state index contributed by atoms with van der Waals surface area (Å²) in [7, 11) is 1.78. The summed E-state index contributed by atoms with van der Waals surface area (Å²) in [6.45, 7) is 0. The van der Waals surface area contributed by atoms with Crippen molar-refractivity contribution in [3.63, 3.8) is 0 Å². The SMILES string of the molecule is Cn1c(S)nnc1-c1cccc(C=O)n1. The monoisotopic (exact) mass is 220 g/mol. The van der Waals surface area contributed by atoms with Crippen molar-refractivity contribution in [2.24, 2.45) is 7.05 Å². The van der Waals surface area contributed by atoms with Crippen molar-refractivity contribution in [1.82, 2.24) is 19.7 Å². The van der Waals surface area contributed by atoms with Crippen molar-refractivity contribution >= 4 is 18.9 Å². The summed E-state index contributed by atoms with van der Waals surface area (Å²) >= 11 is 4.11. The zero-order valence-electron chi connectivity index (χ0n) is 7.95. The van der Waals surface area contributed by atoms with Crippen LogP contribution < -0.4 is 0 Å². The van der Waals surface area contributed by atoms with Gasteiger partial charge in [-0.1, -0.05) is 6.07 Å². The van der Waals surface area contributed by atoms with E-state index in [9.17, 15) is 4.79 Å². The molecule has 0 amide bonds. The Morgan fingerprint density at radius 3 is 2.80 bits per heavy atom. The second-order valence-corrected chi connectivity index (χ2v) is 3.35. The average Bonchev–Trinajstić information content (AvgIpc) is 2.60. The summed E-state index contributed by atoms with van der Waals surface area (Å²) < 4.78 is 1.69. The Balaban J connectivity index is 2.53. The van der Waals surface area contributed by atoms with Gasteiger partial charge in [-0.2, -0.15) is 0 Å². The normalized spacial score (nSPS) is 10.3. The second kappa shape index (κ2) is 3.82. The van der Waals surface area contributed by atoms with E-state index in [2.05, 4.69) is 27.8 Å². The number of hydrogen-bond acceptors (Lipinski definition) is 5. The lowest BCUT2D eigenvalue weighted by atomic mass is 10.3. The molecule has 0 radical (unpaired) electrons. The molecule has 2 aromatic rings. The van der Waals surface area contributed by atoms with Crippen LogP contribution in [0.15, 0.2) is 23.4 Å². The van der Waals surface area contributed by atoms with E-state index in [1.165, 1.54) is 0 Å². The molecular formula is C9H8N4OS. The number of thiol groups is 1. The molecule has 0 atom stereocenters. The van der Waals surface area contributed by atoms with Crippen molar-refractivity contribution in [2.45, 2.75) is 5.16 Å². The van der Waals surface area contributed by atoms with E-state index in [0.717, 1.165) is 0 Å². The molecule has 0 aromatic carbocycles. The van der Waals surface area contributed by atoms with Gasteiger partial charge >= 0.3 is 0 Å². The van der Waals surface area contributed by atoms with Crippen LogP contribution >= 0.6 is 12.6 Å². The Morgan fingerprint density at radius 1 is 1.40 bits per heavy atom. The van der Waals surface area contributed by atoms with Crippen LogP contribution in [-0.4, -0.2) is 26.0 Å². The Labute approximate surface area is 91.6 Å². The Kier molecular flexibility index (Phi) is 2.51. The Morgan fingerprint density at radius 2 is 2.20 bits per heavy atom. The van der Waals surface area contributed by atoms with Gasteiger partial charge < -0.3 is 4.57 Å². The van der Waals surface area contributed by atoms with Crippen molar-refractivity contribution < 1.29 is 4.79 Å². The van der Waals surface area contributed by atoms with Crippen LogP contribution in [-0.2, 0) is 7.05 Å². The van der Waals surface area contributed by atoms with Crippen molar-refractivity contribution in [3.8, 4) is 11.5 Å². The quantitative estimate of drug-likeness (QED) is 0.605. The van der Waals surface area contributed by atoms with Crippen LogP contribution in [0.2, 0.25) is 0 Å². The molecule has 0 fully saturated rings. The van der Waals surface area contributed by atoms with Crippen molar-refractivity contribution in [2.75, 3.05) is 0 Å². The van der Waals surface area contributed by atoms with E-state index in [0.29, 0.717) is 28.7 Å². The molecule has 76 valence electrons. The molecule has 2 heterocycles. The molecule has 15 heavy (non-hydrogen) atoms. The minimum atomic E-state index is 0.371. The van der Waals surface area contributed by atoms with Gasteiger partial charge in [0.2, 0.25) is 0 Å². The van der Waals surface area contributed by atoms with E-state index < -0.39 is 0 Å². The first-order valence-corrected chi connectivity index (χ1v) is 4.68. The maximum Gasteiger partial charge on any atom is 0.188 e. The maximum atomic E-state index is 10.6. The number of pyridine rings is 1. The number of rotatable bonds is 2. The first kappa shape index (κ1) is 9.85. The van der Waals surface area contributed by atoms with Gasteiger partial charge in [-0.25, -0.2) is 4.98 Å². The molecule has 0 aliphatic heterocycles. The minimum absolute atomic E-state index is 0.371. The number of nitrogens with zero attached hydrogens (tertiary/aromatic N) is 4. The third-order valence-corrected chi connectivity index (χ3v) is 2.36. The lowest BCUT2D eigenvalue weighted by Crippen LogP contribution is -1.97. The molecule has 0 bridgehead atoms. The zero-order chi connectivity index (χ0) is 10.8. The van der Waals surface area contributed by atoms with Crippen LogP contribution in [0.1, 0.15) is 10.5 Å². The highest BCUT2D eigenvalue weighted by Crippen LogP contribution is 2.15. The fourth-order valence-corrected chi connectivity index (χ4v) is 1.33. The van der Waals surface area contributed by atoms with Gasteiger partial charge in [0, 0.05) is 7.05 Å². The van der Waals surface area contributed by atoms with E-state index in [-0.39, 0.29) is 0 Å². The molecule has 2 aromatic heterocycles. The number of carbonyl (C=O) groups is 1. The lowest BCUT2D eigenvalue weighted by Gasteiger charge is -2.00. The maximum absolute atomic E-state index is 10.6. The number of aromatic nitrogens is 4. The number of aldehydes is 1. The third-order valence-electron chi connectivity index (χ3n) is 1.97. The molecule has 0 aliphatic carbocycles. The van der Waals surface area contributed by atoms with Crippen LogP contribution in [0.5, 0.6) is 0 Å². The second-order valence-electron chi connectivity index (χ2n) is 2.95. The van der Waals surface area contributed by atoms with Gasteiger partial charge in [0.25, 0.3) is 0 Å². The molecule has 0 saturated carbocycles. The van der Waals surface area contributed by atoms with Gasteiger partial charge in [-0.3, -0.25) is 4.79 Å². The highest BCUT2D eigenvalue weighted by Gasteiger charge is 2.09. The summed E-state index contributed by atoms with van der Waals surface area (Å²) in [5, 5.41) is 8.22. The summed E-state index contributed by atoms with van der Waals surface area (Å²) in [6.07, 6.45) is 0.696. The minimum Gasteiger partial charge on any atom is -0.304 e. The van der Waals surface area contributed by atoms with E-state index in [1.807, 2.05) is 0 Å². The van der Waals surface area contributed by atoms with Crippen molar-refractivity contribution in [3.05, 3.63) is 23.9 Å². The van der Waals surface area contributed by atoms with E-state index >= 15 is 0 Å². The van der Waals surface area contributed by atoms with Gasteiger partial charge in [0.15, 0.2) is 17.3 Å². The molecule has 0 N–H and O–H groups in total. The van der Waals surface area contributed by atoms with Crippen LogP contribution in [0.25, 0.3) is 11.5 Å². The van der Waals surface area contributed by atoms with Gasteiger partial charge in [-0.15, -0.1) is 22.8 Å². The molecule has 5 nitrogen and oxygen atoms in total. The molecule has 0 saturated heterocycles. The van der Waals surface area contributed by atoms with Crippen molar-refractivity contribution in [1.29, 1.82) is 0 Å². The molecule has 0 spiro atoms. The van der Waals surface area contributed by atoms with Crippen LogP contribution in [0.3, 0.4) is 0 Å². The topological polar surface area (TPSA) is 60.7 Å². The summed E-state index contributed by atoms with van der Waals surface area (Å²) in [5.74, 6) is 0.587. The first-order chi connectivity index (χ1) is 7.22. The summed E-state index contributed by atoms with van der Waals surface area (Å²) in [4.78, 5) is 14.7. The number of hydrogen-bond donors (Lipinski definition) is 1. The Hall–Kier alpha value is -1.69. The van der Waals surface area contributed by atoms with Crippen LogP contribution in [0, 0.1) is 0 Å². The fourth-order valence-electron chi connectivity index (χ4n) is 1.19. The predicted molar refractivity (Wildman–Crippen MR) is 56.9 cm³/mol. The largest absolute Gasteiger partial charge is 0.304 e.